The molecule has 0 aliphatic rings. The van der Waals surface area contributed by atoms with E-state index in [1.54, 1.807) is 11.9 Å². The van der Waals surface area contributed by atoms with Crippen molar-refractivity contribution in [1.82, 2.24) is 4.90 Å². The van der Waals surface area contributed by atoms with Crippen molar-refractivity contribution in [3.8, 4) is 0 Å². The Morgan fingerprint density at radius 2 is 1.71 bits per heavy atom. The molecule has 14 heavy (non-hydrogen) atoms. The lowest BCUT2D eigenvalue weighted by atomic mass is 9.87. The molecule has 0 saturated heterocycles. The van der Waals surface area contributed by atoms with Crippen molar-refractivity contribution in [2.45, 2.75) is 39.7 Å². The molecule has 1 unspecified atom stereocenters. The molecule has 0 aromatic heterocycles. The van der Waals surface area contributed by atoms with Crippen LogP contribution in [-0.4, -0.2) is 37.0 Å². The molecule has 0 saturated carbocycles. The fourth-order valence-electron chi connectivity index (χ4n) is 1.23. The number of nitrogens with two attached hydrogens (primary N) is 1. The number of alkyl halides is 2. The van der Waals surface area contributed by atoms with Gasteiger partial charge in [-0.2, -0.15) is 0 Å². The first-order valence-corrected chi connectivity index (χ1v) is 4.88. The van der Waals surface area contributed by atoms with E-state index in [0.29, 0.717) is 0 Å². The van der Waals surface area contributed by atoms with Gasteiger partial charge >= 0.3 is 0 Å². The van der Waals surface area contributed by atoms with Crippen molar-refractivity contribution in [3.63, 3.8) is 0 Å². The Bertz CT molecular complexity index is 175. The fourth-order valence-corrected chi connectivity index (χ4v) is 1.23. The highest BCUT2D eigenvalue weighted by Gasteiger charge is 2.33. The quantitative estimate of drug-likeness (QED) is 0.765. The third-order valence-corrected chi connectivity index (χ3v) is 2.69. The van der Waals surface area contributed by atoms with E-state index >= 15 is 0 Å². The lowest BCUT2D eigenvalue weighted by Crippen LogP contribution is -2.47. The summed E-state index contributed by atoms with van der Waals surface area (Å²) in [6.45, 7) is 7.20. The van der Waals surface area contributed by atoms with Crippen LogP contribution < -0.4 is 5.73 Å². The predicted octanol–water partition coefficient (Wildman–Crippen LogP) is 1.95. The third kappa shape index (κ3) is 4.33. The van der Waals surface area contributed by atoms with Crippen LogP contribution in [0.4, 0.5) is 8.78 Å². The van der Waals surface area contributed by atoms with E-state index < -0.39 is 12.5 Å². The zero-order valence-electron chi connectivity index (χ0n) is 9.77. The minimum Gasteiger partial charge on any atom is -0.325 e. The SMILES string of the molecule is CC(N(C)CC(F)(F)CN)C(C)(C)C. The van der Waals surface area contributed by atoms with Gasteiger partial charge in [0.1, 0.15) is 0 Å². The van der Waals surface area contributed by atoms with Crippen LogP contribution in [0.2, 0.25) is 0 Å². The van der Waals surface area contributed by atoms with E-state index in [4.69, 9.17) is 5.73 Å². The average Bonchev–Trinajstić information content (AvgIpc) is 2.00. The van der Waals surface area contributed by atoms with Crippen LogP contribution in [-0.2, 0) is 0 Å². The topological polar surface area (TPSA) is 29.3 Å². The summed E-state index contributed by atoms with van der Waals surface area (Å²) < 4.78 is 26.0. The van der Waals surface area contributed by atoms with E-state index in [1.807, 2.05) is 27.7 Å². The molecule has 0 aromatic carbocycles. The van der Waals surface area contributed by atoms with Gasteiger partial charge in [-0.3, -0.25) is 4.90 Å². The zero-order chi connectivity index (χ0) is 11.6. The molecule has 86 valence electrons. The zero-order valence-corrected chi connectivity index (χ0v) is 9.77. The molecule has 0 rings (SSSR count). The van der Waals surface area contributed by atoms with Crippen molar-refractivity contribution in [1.29, 1.82) is 0 Å². The first kappa shape index (κ1) is 13.8. The molecule has 0 heterocycles. The third-order valence-electron chi connectivity index (χ3n) is 2.69. The number of halogens is 2. The Kier molecular flexibility index (Phi) is 4.46. The number of nitrogens with zero attached hydrogens (tertiary/aromatic N) is 1. The number of hydrogen-bond donors (Lipinski definition) is 1. The lowest BCUT2D eigenvalue weighted by Gasteiger charge is -2.36. The molecule has 0 aliphatic carbocycles. The summed E-state index contributed by atoms with van der Waals surface area (Å²) in [5, 5.41) is 0. The molecular formula is C10H22F2N2. The highest BCUT2D eigenvalue weighted by atomic mass is 19.3. The molecule has 0 bridgehead atoms. The van der Waals surface area contributed by atoms with Crippen LogP contribution in [0.3, 0.4) is 0 Å². The molecule has 0 amide bonds. The molecular weight excluding hydrogens is 186 g/mol. The molecule has 0 spiro atoms. The summed E-state index contributed by atoms with van der Waals surface area (Å²) in [6, 6.07) is 0.0972. The van der Waals surface area contributed by atoms with Crippen molar-refractivity contribution in [3.05, 3.63) is 0 Å². The van der Waals surface area contributed by atoms with Crippen molar-refractivity contribution in [2.24, 2.45) is 11.1 Å². The van der Waals surface area contributed by atoms with Gasteiger partial charge in [-0.05, 0) is 19.4 Å². The van der Waals surface area contributed by atoms with Gasteiger partial charge in [0.25, 0.3) is 5.92 Å². The van der Waals surface area contributed by atoms with Gasteiger partial charge in [-0.25, -0.2) is 8.78 Å². The normalized spacial score (nSPS) is 16.1. The van der Waals surface area contributed by atoms with Gasteiger partial charge in [-0.1, -0.05) is 20.8 Å². The van der Waals surface area contributed by atoms with Crippen molar-refractivity contribution < 1.29 is 8.78 Å². The number of hydrogen-bond acceptors (Lipinski definition) is 2. The van der Waals surface area contributed by atoms with E-state index in [0.717, 1.165) is 0 Å². The first-order chi connectivity index (χ1) is 6.10. The first-order valence-electron chi connectivity index (χ1n) is 4.88. The van der Waals surface area contributed by atoms with Crippen LogP contribution in [0, 0.1) is 5.41 Å². The van der Waals surface area contributed by atoms with Crippen molar-refractivity contribution in [2.75, 3.05) is 20.1 Å². The van der Waals surface area contributed by atoms with Gasteiger partial charge in [0.05, 0.1) is 13.1 Å². The second kappa shape index (κ2) is 4.53. The van der Waals surface area contributed by atoms with Crippen LogP contribution in [0.15, 0.2) is 0 Å². The molecule has 0 aliphatic heterocycles. The Balaban J connectivity index is 4.28. The van der Waals surface area contributed by atoms with Crippen LogP contribution in [0.5, 0.6) is 0 Å². The summed E-state index contributed by atoms with van der Waals surface area (Å²) >= 11 is 0. The molecule has 0 radical (unpaired) electrons. The van der Waals surface area contributed by atoms with Gasteiger partial charge in [0.15, 0.2) is 0 Å². The van der Waals surface area contributed by atoms with Gasteiger partial charge in [0.2, 0.25) is 0 Å². The Hall–Kier alpha value is -0.220. The fraction of sp³-hybridized carbons (Fsp3) is 1.00. The molecule has 2 N–H and O–H groups in total. The van der Waals surface area contributed by atoms with E-state index in [1.165, 1.54) is 0 Å². The maximum atomic E-state index is 13.0. The molecule has 1 atom stereocenters. The van der Waals surface area contributed by atoms with E-state index in [2.05, 4.69) is 0 Å². The van der Waals surface area contributed by atoms with Gasteiger partial charge in [0, 0.05) is 6.04 Å². The van der Waals surface area contributed by atoms with Crippen LogP contribution >= 0.6 is 0 Å². The largest absolute Gasteiger partial charge is 0.325 e. The lowest BCUT2D eigenvalue weighted by molar-refractivity contribution is -0.0361. The average molecular weight is 208 g/mol. The maximum Gasteiger partial charge on any atom is 0.272 e. The van der Waals surface area contributed by atoms with Crippen LogP contribution in [0.1, 0.15) is 27.7 Å². The molecule has 0 fully saturated rings. The molecule has 4 heteroatoms. The van der Waals surface area contributed by atoms with E-state index in [9.17, 15) is 8.78 Å². The maximum absolute atomic E-state index is 13.0. The second-order valence-electron chi connectivity index (χ2n) is 5.02. The minimum absolute atomic E-state index is 0.000567. The van der Waals surface area contributed by atoms with Gasteiger partial charge < -0.3 is 5.73 Å². The number of rotatable bonds is 4. The minimum atomic E-state index is -2.78. The Labute approximate surface area is 85.5 Å². The predicted molar refractivity (Wildman–Crippen MR) is 55.5 cm³/mol. The summed E-state index contributed by atoms with van der Waals surface area (Å²) in [4.78, 5) is 1.66. The summed E-state index contributed by atoms with van der Waals surface area (Å²) in [5.74, 6) is -2.78. The summed E-state index contributed by atoms with van der Waals surface area (Å²) in [7, 11) is 1.71. The highest BCUT2D eigenvalue weighted by molar-refractivity contribution is 4.81. The monoisotopic (exact) mass is 208 g/mol. The summed E-state index contributed by atoms with van der Waals surface area (Å²) in [6.07, 6.45) is 0. The van der Waals surface area contributed by atoms with Gasteiger partial charge in [-0.15, -0.1) is 0 Å². The van der Waals surface area contributed by atoms with Crippen molar-refractivity contribution >= 4 is 0 Å². The molecule has 0 aromatic rings. The Morgan fingerprint density at radius 1 is 1.29 bits per heavy atom. The standard InChI is InChI=1S/C10H22F2N2/c1-8(9(2,3)4)14(5)7-10(11,12)6-13/h8H,6-7,13H2,1-5H3. The molecule has 2 nitrogen and oxygen atoms in total. The second-order valence-corrected chi connectivity index (χ2v) is 5.02. The Morgan fingerprint density at radius 3 is 2.00 bits per heavy atom. The smallest absolute Gasteiger partial charge is 0.272 e. The van der Waals surface area contributed by atoms with E-state index in [-0.39, 0.29) is 18.0 Å². The van der Waals surface area contributed by atoms with Crippen LogP contribution in [0.25, 0.3) is 0 Å². The highest BCUT2D eigenvalue weighted by Crippen LogP contribution is 2.25. The summed E-state index contributed by atoms with van der Waals surface area (Å²) in [5.41, 5.74) is 4.99.